The summed E-state index contributed by atoms with van der Waals surface area (Å²) >= 11 is 0. The van der Waals surface area contributed by atoms with Crippen LogP contribution in [0.15, 0.2) is 36.4 Å². The van der Waals surface area contributed by atoms with E-state index in [1.54, 1.807) is 0 Å². The molecule has 4 nitrogen and oxygen atoms in total. The first-order valence-corrected chi connectivity index (χ1v) is 6.46. The molecular weight excluding hydrogens is 278 g/mol. The van der Waals surface area contributed by atoms with Crippen LogP contribution >= 0.6 is 0 Å². The molecule has 0 aliphatic carbocycles. The number of aryl methyl sites for hydroxylation is 1. The van der Waals surface area contributed by atoms with Gasteiger partial charge in [0.2, 0.25) is 5.82 Å². The molecule has 21 heavy (non-hydrogen) atoms. The molecule has 0 aliphatic heterocycles. The molecule has 1 N–H and O–H groups in total. The fourth-order valence-electron chi connectivity index (χ4n) is 1.98. The zero-order chi connectivity index (χ0) is 15.4. The second kappa shape index (κ2) is 6.30. The third-order valence-corrected chi connectivity index (χ3v) is 3.12. The molecule has 110 valence electrons. The van der Waals surface area contributed by atoms with Crippen molar-refractivity contribution in [2.24, 2.45) is 0 Å². The standard InChI is InChI=1S/C15H14F2N2O2/c1-2-10-3-5-11(6-4-10)9-18-14-8-12(16)7-13(17)15(14)19(20)21/h3-8,18H,2,9H2,1H3. The van der Waals surface area contributed by atoms with Gasteiger partial charge >= 0.3 is 5.69 Å². The first-order valence-electron chi connectivity index (χ1n) is 6.46. The fraction of sp³-hybridized carbons (Fsp3) is 0.200. The molecule has 2 aromatic carbocycles. The highest BCUT2D eigenvalue weighted by molar-refractivity contribution is 5.62. The van der Waals surface area contributed by atoms with Gasteiger partial charge in [-0.2, -0.15) is 4.39 Å². The number of nitrogens with zero attached hydrogens (tertiary/aromatic N) is 1. The highest BCUT2D eigenvalue weighted by atomic mass is 19.1. The summed E-state index contributed by atoms with van der Waals surface area (Å²) in [5.74, 6) is -2.05. The molecule has 0 saturated heterocycles. The minimum Gasteiger partial charge on any atom is -0.375 e. The Balaban J connectivity index is 2.20. The Morgan fingerprint density at radius 2 is 1.76 bits per heavy atom. The lowest BCUT2D eigenvalue weighted by molar-refractivity contribution is -0.386. The Morgan fingerprint density at radius 3 is 2.33 bits per heavy atom. The van der Waals surface area contributed by atoms with E-state index in [2.05, 4.69) is 5.32 Å². The first-order chi connectivity index (χ1) is 10.0. The van der Waals surface area contributed by atoms with Crippen molar-refractivity contribution in [3.8, 4) is 0 Å². The van der Waals surface area contributed by atoms with Crippen LogP contribution in [0.3, 0.4) is 0 Å². The van der Waals surface area contributed by atoms with Crippen molar-refractivity contribution >= 4 is 11.4 Å². The number of rotatable bonds is 5. The minimum absolute atomic E-state index is 0.169. The molecule has 0 fully saturated rings. The molecule has 6 heteroatoms. The van der Waals surface area contributed by atoms with E-state index < -0.39 is 22.2 Å². The molecule has 0 unspecified atom stereocenters. The van der Waals surface area contributed by atoms with Gasteiger partial charge in [0.05, 0.1) is 4.92 Å². The second-order valence-electron chi connectivity index (χ2n) is 4.56. The van der Waals surface area contributed by atoms with Crippen LogP contribution in [0.25, 0.3) is 0 Å². The monoisotopic (exact) mass is 292 g/mol. The molecule has 2 rings (SSSR count). The van der Waals surface area contributed by atoms with Crippen molar-refractivity contribution in [2.45, 2.75) is 19.9 Å². The molecule has 0 atom stereocenters. The number of nitrogens with one attached hydrogen (secondary N) is 1. The van der Waals surface area contributed by atoms with Crippen LogP contribution in [-0.2, 0) is 13.0 Å². The van der Waals surface area contributed by atoms with E-state index in [1.165, 1.54) is 5.56 Å². The summed E-state index contributed by atoms with van der Waals surface area (Å²) in [5.41, 5.74) is 1.12. The molecule has 0 aliphatic rings. The second-order valence-corrected chi connectivity index (χ2v) is 4.56. The highest BCUT2D eigenvalue weighted by Gasteiger charge is 2.21. The first kappa shape index (κ1) is 14.9. The normalized spacial score (nSPS) is 10.4. The van der Waals surface area contributed by atoms with E-state index in [9.17, 15) is 18.9 Å². The van der Waals surface area contributed by atoms with Crippen LogP contribution in [0.4, 0.5) is 20.2 Å². The molecule has 0 amide bonds. The third-order valence-electron chi connectivity index (χ3n) is 3.12. The summed E-state index contributed by atoms with van der Waals surface area (Å²) < 4.78 is 26.7. The number of halogens is 2. The van der Waals surface area contributed by atoms with Crippen molar-refractivity contribution in [1.29, 1.82) is 0 Å². The summed E-state index contributed by atoms with van der Waals surface area (Å²) in [6.45, 7) is 2.28. The van der Waals surface area contributed by atoms with E-state index in [1.807, 2.05) is 31.2 Å². The van der Waals surface area contributed by atoms with Gasteiger partial charge in [0.25, 0.3) is 0 Å². The van der Waals surface area contributed by atoms with Gasteiger partial charge in [-0.25, -0.2) is 4.39 Å². The van der Waals surface area contributed by atoms with Crippen LogP contribution in [0.2, 0.25) is 0 Å². The van der Waals surface area contributed by atoms with Crippen LogP contribution < -0.4 is 5.32 Å². The average Bonchev–Trinajstić information content (AvgIpc) is 2.44. The van der Waals surface area contributed by atoms with Crippen LogP contribution in [0, 0.1) is 21.7 Å². The van der Waals surface area contributed by atoms with Gasteiger partial charge in [0.1, 0.15) is 11.5 Å². The van der Waals surface area contributed by atoms with Gasteiger partial charge in [0, 0.05) is 18.7 Å². The summed E-state index contributed by atoms with van der Waals surface area (Å²) in [5, 5.41) is 13.6. The molecule has 0 heterocycles. The van der Waals surface area contributed by atoms with E-state index in [4.69, 9.17) is 0 Å². The molecule has 0 bridgehead atoms. The van der Waals surface area contributed by atoms with E-state index in [-0.39, 0.29) is 12.2 Å². The molecule has 2 aromatic rings. The maximum absolute atomic E-state index is 13.5. The van der Waals surface area contributed by atoms with Crippen molar-refractivity contribution in [2.75, 3.05) is 5.32 Å². The van der Waals surface area contributed by atoms with Gasteiger partial charge in [0.15, 0.2) is 0 Å². The lowest BCUT2D eigenvalue weighted by Crippen LogP contribution is -2.05. The summed E-state index contributed by atoms with van der Waals surface area (Å²) in [6, 6.07) is 9.04. The number of hydrogen-bond donors (Lipinski definition) is 1. The van der Waals surface area contributed by atoms with Gasteiger partial charge in [-0.15, -0.1) is 0 Å². The minimum atomic E-state index is -1.19. The summed E-state index contributed by atoms with van der Waals surface area (Å²) in [6.07, 6.45) is 0.911. The van der Waals surface area contributed by atoms with Crippen molar-refractivity contribution in [3.05, 3.63) is 69.3 Å². The Morgan fingerprint density at radius 1 is 1.14 bits per heavy atom. The zero-order valence-electron chi connectivity index (χ0n) is 11.4. The molecule has 0 spiro atoms. The fourth-order valence-corrected chi connectivity index (χ4v) is 1.98. The number of benzene rings is 2. The predicted octanol–water partition coefficient (Wildman–Crippen LogP) is 4.05. The van der Waals surface area contributed by atoms with Gasteiger partial charge in [-0.05, 0) is 17.5 Å². The predicted molar refractivity (Wildman–Crippen MR) is 76.2 cm³/mol. The van der Waals surface area contributed by atoms with E-state index >= 15 is 0 Å². The highest BCUT2D eigenvalue weighted by Crippen LogP contribution is 2.29. The number of nitro groups is 1. The quantitative estimate of drug-likeness (QED) is 0.668. The number of nitro benzene ring substituents is 1. The summed E-state index contributed by atoms with van der Waals surface area (Å²) in [7, 11) is 0. The lowest BCUT2D eigenvalue weighted by atomic mass is 10.1. The van der Waals surface area contributed by atoms with Crippen LogP contribution in [0.5, 0.6) is 0 Å². The zero-order valence-corrected chi connectivity index (χ0v) is 11.4. The maximum Gasteiger partial charge on any atom is 0.327 e. The maximum atomic E-state index is 13.5. The van der Waals surface area contributed by atoms with E-state index in [0.717, 1.165) is 18.1 Å². The Bertz CT molecular complexity index is 657. The Hall–Kier alpha value is -2.50. The third kappa shape index (κ3) is 3.53. The van der Waals surface area contributed by atoms with Crippen LogP contribution in [-0.4, -0.2) is 4.92 Å². The number of anilines is 1. The van der Waals surface area contributed by atoms with Crippen molar-refractivity contribution in [3.63, 3.8) is 0 Å². The average molecular weight is 292 g/mol. The van der Waals surface area contributed by atoms with Gasteiger partial charge in [-0.3, -0.25) is 10.1 Å². The smallest absolute Gasteiger partial charge is 0.327 e. The molecule has 0 aromatic heterocycles. The molecular formula is C15H14F2N2O2. The summed E-state index contributed by atoms with van der Waals surface area (Å²) in [4.78, 5) is 9.99. The Labute approximate surface area is 120 Å². The molecule has 0 saturated carbocycles. The van der Waals surface area contributed by atoms with Gasteiger partial charge in [-0.1, -0.05) is 31.2 Å². The van der Waals surface area contributed by atoms with Gasteiger partial charge < -0.3 is 5.32 Å². The van der Waals surface area contributed by atoms with Crippen LogP contribution in [0.1, 0.15) is 18.1 Å². The molecule has 0 radical (unpaired) electrons. The van der Waals surface area contributed by atoms with Crippen molar-refractivity contribution < 1.29 is 13.7 Å². The lowest BCUT2D eigenvalue weighted by Gasteiger charge is -2.08. The van der Waals surface area contributed by atoms with E-state index in [0.29, 0.717) is 6.07 Å². The topological polar surface area (TPSA) is 55.2 Å². The number of hydrogen-bond acceptors (Lipinski definition) is 3. The SMILES string of the molecule is CCc1ccc(CNc2cc(F)cc(F)c2[N+](=O)[O-])cc1. The largest absolute Gasteiger partial charge is 0.375 e. The van der Waals surface area contributed by atoms with Crippen molar-refractivity contribution in [1.82, 2.24) is 0 Å². The Kier molecular flexibility index (Phi) is 4.47.